The van der Waals surface area contributed by atoms with Gasteiger partial charge in [-0.3, -0.25) is 4.79 Å². The van der Waals surface area contributed by atoms with Crippen molar-refractivity contribution >= 4 is 39.7 Å². The molecule has 1 atom stereocenters. The number of benzene rings is 2. The number of nitrogens with one attached hydrogen (secondary N) is 1. The molecule has 2 heterocycles. The standard InChI is InChI=1S/C22H23N5OS/c1-3-27-18-12-8-7-11-17(18)20-21(27)24-22(26-25-20)29-14-19(28)23-13-15(2)16-9-5-4-6-10-16/h4-12,15H,3,13-14H2,1-2H3,(H,23,28)/t15-/m0/s1. The molecule has 0 radical (unpaired) electrons. The monoisotopic (exact) mass is 405 g/mol. The van der Waals surface area contributed by atoms with Crippen LogP contribution in [0.2, 0.25) is 0 Å². The molecule has 0 unspecified atom stereocenters. The summed E-state index contributed by atoms with van der Waals surface area (Å²) in [5.74, 6) is 0.498. The predicted molar refractivity (Wildman–Crippen MR) is 117 cm³/mol. The maximum atomic E-state index is 12.3. The van der Waals surface area contributed by atoms with Crippen molar-refractivity contribution in [2.45, 2.75) is 31.5 Å². The summed E-state index contributed by atoms with van der Waals surface area (Å²) in [5.41, 5.74) is 3.92. The highest BCUT2D eigenvalue weighted by molar-refractivity contribution is 7.99. The second kappa shape index (κ2) is 8.61. The first-order chi connectivity index (χ1) is 14.2. The maximum Gasteiger partial charge on any atom is 0.230 e. The molecule has 4 rings (SSSR count). The normalized spacial score (nSPS) is 12.3. The van der Waals surface area contributed by atoms with Crippen molar-refractivity contribution in [3.8, 4) is 0 Å². The lowest BCUT2D eigenvalue weighted by Crippen LogP contribution is -2.29. The lowest BCUT2D eigenvalue weighted by Gasteiger charge is -2.12. The van der Waals surface area contributed by atoms with Crippen molar-refractivity contribution in [3.05, 3.63) is 60.2 Å². The van der Waals surface area contributed by atoms with E-state index in [4.69, 9.17) is 0 Å². The van der Waals surface area contributed by atoms with Gasteiger partial charge in [0.25, 0.3) is 0 Å². The summed E-state index contributed by atoms with van der Waals surface area (Å²) in [6.45, 7) is 5.59. The molecule has 0 saturated heterocycles. The summed E-state index contributed by atoms with van der Waals surface area (Å²) in [5, 5.41) is 13.2. The lowest BCUT2D eigenvalue weighted by molar-refractivity contribution is -0.118. The number of fused-ring (bicyclic) bond motifs is 3. The highest BCUT2D eigenvalue weighted by atomic mass is 32.2. The van der Waals surface area contributed by atoms with Crippen LogP contribution in [0.3, 0.4) is 0 Å². The Balaban J connectivity index is 1.42. The van der Waals surface area contributed by atoms with Gasteiger partial charge in [-0.25, -0.2) is 4.98 Å². The number of thioether (sulfide) groups is 1. The Kier molecular flexibility index (Phi) is 5.76. The number of hydrogen-bond donors (Lipinski definition) is 1. The Morgan fingerprint density at radius 1 is 1.10 bits per heavy atom. The molecule has 1 N–H and O–H groups in total. The summed E-state index contributed by atoms with van der Waals surface area (Å²) in [6, 6.07) is 18.3. The first-order valence-corrected chi connectivity index (χ1v) is 10.7. The van der Waals surface area contributed by atoms with E-state index in [2.05, 4.69) is 57.1 Å². The highest BCUT2D eigenvalue weighted by Gasteiger charge is 2.14. The summed E-state index contributed by atoms with van der Waals surface area (Å²) < 4.78 is 2.13. The van der Waals surface area contributed by atoms with E-state index in [1.54, 1.807) is 0 Å². The average Bonchev–Trinajstić information content (AvgIpc) is 3.09. The molecule has 1 amide bonds. The molecule has 6 nitrogen and oxygen atoms in total. The minimum absolute atomic E-state index is 0.0301. The van der Waals surface area contributed by atoms with Crippen LogP contribution in [0.5, 0.6) is 0 Å². The average molecular weight is 406 g/mol. The van der Waals surface area contributed by atoms with Gasteiger partial charge in [0.05, 0.1) is 11.3 Å². The number of hydrogen-bond acceptors (Lipinski definition) is 5. The van der Waals surface area contributed by atoms with Crippen LogP contribution >= 0.6 is 11.8 Å². The van der Waals surface area contributed by atoms with Crippen molar-refractivity contribution in [2.75, 3.05) is 12.3 Å². The third kappa shape index (κ3) is 4.10. The van der Waals surface area contributed by atoms with Gasteiger partial charge in [-0.2, -0.15) is 0 Å². The molecule has 0 aliphatic rings. The molecule has 148 valence electrons. The van der Waals surface area contributed by atoms with Gasteiger partial charge in [0, 0.05) is 18.5 Å². The Labute approximate surface area is 173 Å². The lowest BCUT2D eigenvalue weighted by atomic mass is 10.0. The number of aryl methyl sites for hydroxylation is 1. The molecule has 4 aromatic rings. The van der Waals surface area contributed by atoms with E-state index in [-0.39, 0.29) is 17.6 Å². The molecule has 29 heavy (non-hydrogen) atoms. The molecular formula is C22H23N5OS. The molecule has 2 aromatic carbocycles. The largest absolute Gasteiger partial charge is 0.355 e. The third-order valence-corrected chi connectivity index (χ3v) is 5.81. The topological polar surface area (TPSA) is 72.7 Å². The van der Waals surface area contributed by atoms with E-state index < -0.39 is 0 Å². The van der Waals surface area contributed by atoms with Crippen LogP contribution in [0.25, 0.3) is 22.1 Å². The van der Waals surface area contributed by atoms with Gasteiger partial charge in [-0.15, -0.1) is 10.2 Å². The van der Waals surface area contributed by atoms with Crippen molar-refractivity contribution in [1.82, 2.24) is 25.1 Å². The highest BCUT2D eigenvalue weighted by Crippen LogP contribution is 2.26. The molecule has 0 fully saturated rings. The summed E-state index contributed by atoms with van der Waals surface area (Å²) in [4.78, 5) is 16.9. The smallest absolute Gasteiger partial charge is 0.230 e. The fourth-order valence-electron chi connectivity index (χ4n) is 3.42. The van der Waals surface area contributed by atoms with E-state index >= 15 is 0 Å². The Morgan fingerprint density at radius 3 is 2.66 bits per heavy atom. The summed E-state index contributed by atoms with van der Waals surface area (Å²) >= 11 is 1.31. The second-order valence-electron chi connectivity index (χ2n) is 6.93. The number of para-hydroxylation sites is 1. The minimum atomic E-state index is -0.0301. The zero-order valence-electron chi connectivity index (χ0n) is 16.5. The van der Waals surface area contributed by atoms with Gasteiger partial charge in [0.15, 0.2) is 5.65 Å². The van der Waals surface area contributed by atoms with Gasteiger partial charge in [0.2, 0.25) is 11.1 Å². The SMILES string of the molecule is CCn1c2ccccc2c2nnc(SCC(=O)NC[C@H](C)c3ccccc3)nc21. The van der Waals surface area contributed by atoms with Crippen LogP contribution in [0.4, 0.5) is 0 Å². The van der Waals surface area contributed by atoms with Gasteiger partial charge in [-0.05, 0) is 24.5 Å². The number of nitrogens with zero attached hydrogens (tertiary/aromatic N) is 4. The van der Waals surface area contributed by atoms with E-state index in [1.165, 1.54) is 17.3 Å². The quantitative estimate of drug-likeness (QED) is 0.470. The number of rotatable bonds is 7. The molecule has 7 heteroatoms. The van der Waals surface area contributed by atoms with Crippen LogP contribution in [-0.4, -0.2) is 38.0 Å². The fraction of sp³-hybridized carbons (Fsp3) is 0.273. The van der Waals surface area contributed by atoms with Crippen LogP contribution in [-0.2, 0) is 11.3 Å². The summed E-state index contributed by atoms with van der Waals surface area (Å²) in [6.07, 6.45) is 0. The van der Waals surface area contributed by atoms with E-state index in [0.717, 1.165) is 28.6 Å². The van der Waals surface area contributed by atoms with E-state index in [0.29, 0.717) is 11.7 Å². The van der Waals surface area contributed by atoms with Gasteiger partial charge >= 0.3 is 0 Å². The zero-order chi connectivity index (χ0) is 20.2. The van der Waals surface area contributed by atoms with Crippen LogP contribution in [0, 0.1) is 0 Å². The maximum absolute atomic E-state index is 12.3. The van der Waals surface area contributed by atoms with Crippen molar-refractivity contribution in [2.24, 2.45) is 0 Å². The summed E-state index contributed by atoms with van der Waals surface area (Å²) in [7, 11) is 0. The Bertz CT molecular complexity index is 1140. The van der Waals surface area contributed by atoms with Crippen molar-refractivity contribution in [1.29, 1.82) is 0 Å². The minimum Gasteiger partial charge on any atom is -0.355 e. The van der Waals surface area contributed by atoms with E-state index in [1.807, 2.05) is 36.4 Å². The van der Waals surface area contributed by atoms with Crippen LogP contribution in [0.1, 0.15) is 25.3 Å². The molecule has 0 spiro atoms. The molecule has 2 aromatic heterocycles. The van der Waals surface area contributed by atoms with Crippen molar-refractivity contribution in [3.63, 3.8) is 0 Å². The molecule has 0 aliphatic heterocycles. The molecule has 0 bridgehead atoms. The first-order valence-electron chi connectivity index (χ1n) is 9.73. The van der Waals surface area contributed by atoms with Gasteiger partial charge in [0.1, 0.15) is 5.52 Å². The number of carbonyl (C=O) groups is 1. The zero-order valence-corrected chi connectivity index (χ0v) is 17.3. The first kappa shape index (κ1) is 19.4. The second-order valence-corrected chi connectivity index (χ2v) is 7.87. The number of carbonyl (C=O) groups excluding carboxylic acids is 1. The third-order valence-electron chi connectivity index (χ3n) is 4.98. The fourth-order valence-corrected chi connectivity index (χ4v) is 4.03. The van der Waals surface area contributed by atoms with Crippen molar-refractivity contribution < 1.29 is 4.79 Å². The van der Waals surface area contributed by atoms with E-state index in [9.17, 15) is 4.79 Å². The molecule has 0 saturated carbocycles. The molecule has 0 aliphatic carbocycles. The Hall–Kier alpha value is -2.93. The number of amides is 1. The van der Waals surface area contributed by atoms with Crippen LogP contribution < -0.4 is 5.32 Å². The van der Waals surface area contributed by atoms with Gasteiger partial charge in [-0.1, -0.05) is 67.2 Å². The molecular weight excluding hydrogens is 382 g/mol. The Morgan fingerprint density at radius 2 is 1.86 bits per heavy atom. The van der Waals surface area contributed by atoms with Gasteiger partial charge < -0.3 is 9.88 Å². The predicted octanol–water partition coefficient (Wildman–Crippen LogP) is 4.01. The number of aromatic nitrogens is 4. The van der Waals surface area contributed by atoms with Crippen LogP contribution in [0.15, 0.2) is 59.8 Å².